The van der Waals surface area contributed by atoms with Crippen molar-refractivity contribution in [3.63, 3.8) is 0 Å². The summed E-state index contributed by atoms with van der Waals surface area (Å²) in [6, 6.07) is 10.4. The first-order chi connectivity index (χ1) is 9.54. The van der Waals surface area contributed by atoms with Crippen LogP contribution in [0.1, 0.15) is 15.2 Å². The number of ether oxygens (including phenoxy) is 1. The van der Waals surface area contributed by atoms with Crippen LogP contribution in [0, 0.1) is 6.92 Å². The first-order valence-electron chi connectivity index (χ1n) is 5.87. The van der Waals surface area contributed by atoms with Crippen molar-refractivity contribution >= 4 is 28.2 Å². The summed E-state index contributed by atoms with van der Waals surface area (Å²) in [5.41, 5.74) is 1.11. The Labute approximate surface area is 119 Å². The highest BCUT2D eigenvalue weighted by Crippen LogP contribution is 2.21. The third-order valence-electron chi connectivity index (χ3n) is 2.47. The van der Waals surface area contributed by atoms with E-state index in [4.69, 9.17) is 9.84 Å². The summed E-state index contributed by atoms with van der Waals surface area (Å²) in [6.07, 6.45) is 0. The fourth-order valence-corrected chi connectivity index (χ4v) is 2.24. The first-order valence-corrected chi connectivity index (χ1v) is 6.69. The normalized spacial score (nSPS) is 10.1. The molecule has 0 radical (unpaired) electrons. The molecular weight excluding hydrogens is 278 g/mol. The molecule has 2 N–H and O–H groups in total. The van der Waals surface area contributed by atoms with Crippen molar-refractivity contribution in [3.8, 4) is 5.75 Å². The molecule has 1 amide bonds. The predicted octanol–water partition coefficient (Wildman–Crippen LogP) is 2.77. The maximum Gasteiger partial charge on any atom is 0.345 e. The summed E-state index contributed by atoms with van der Waals surface area (Å²) in [5, 5.41) is 11.9. The minimum Gasteiger partial charge on any atom is -0.484 e. The zero-order chi connectivity index (χ0) is 14.5. The Morgan fingerprint density at radius 1 is 1.20 bits per heavy atom. The monoisotopic (exact) mass is 291 g/mol. The zero-order valence-electron chi connectivity index (χ0n) is 10.8. The average molecular weight is 291 g/mol. The Morgan fingerprint density at radius 2 is 1.90 bits per heavy atom. The number of carbonyl (C=O) groups is 2. The highest BCUT2D eigenvalue weighted by atomic mass is 32.1. The van der Waals surface area contributed by atoms with E-state index in [1.165, 1.54) is 6.07 Å². The fourth-order valence-electron chi connectivity index (χ4n) is 1.48. The van der Waals surface area contributed by atoms with Crippen LogP contribution >= 0.6 is 11.3 Å². The quantitative estimate of drug-likeness (QED) is 0.888. The SMILES string of the molecule is Cc1ccc(OCC(=O)Nc2ccc(C(=O)O)s2)cc1. The van der Waals surface area contributed by atoms with Crippen LogP contribution in [-0.4, -0.2) is 23.6 Å². The van der Waals surface area contributed by atoms with Gasteiger partial charge >= 0.3 is 5.97 Å². The number of aromatic carboxylic acids is 1. The molecule has 0 saturated carbocycles. The molecule has 0 spiro atoms. The Bertz CT molecular complexity index is 618. The Kier molecular flexibility index (Phi) is 4.37. The van der Waals surface area contributed by atoms with Gasteiger partial charge in [0, 0.05) is 0 Å². The topological polar surface area (TPSA) is 75.6 Å². The number of nitrogens with one attached hydrogen (secondary N) is 1. The lowest BCUT2D eigenvalue weighted by Gasteiger charge is -2.06. The molecule has 1 aromatic carbocycles. The molecule has 2 aromatic rings. The van der Waals surface area contributed by atoms with E-state index in [1.54, 1.807) is 18.2 Å². The maximum atomic E-state index is 11.7. The summed E-state index contributed by atoms with van der Waals surface area (Å²) in [6.45, 7) is 1.84. The number of anilines is 1. The van der Waals surface area contributed by atoms with Gasteiger partial charge in [-0.05, 0) is 31.2 Å². The van der Waals surface area contributed by atoms with Gasteiger partial charge in [0.1, 0.15) is 10.6 Å². The van der Waals surface area contributed by atoms with Crippen LogP contribution in [0.15, 0.2) is 36.4 Å². The summed E-state index contributed by atoms with van der Waals surface area (Å²) in [5.74, 6) is -0.723. The van der Waals surface area contributed by atoms with E-state index >= 15 is 0 Å². The Hall–Kier alpha value is -2.34. The van der Waals surface area contributed by atoms with Crippen molar-refractivity contribution in [1.82, 2.24) is 0 Å². The van der Waals surface area contributed by atoms with Crippen molar-refractivity contribution in [2.24, 2.45) is 0 Å². The number of thiophene rings is 1. The van der Waals surface area contributed by atoms with Crippen LogP contribution in [0.4, 0.5) is 5.00 Å². The molecule has 1 aromatic heterocycles. The molecule has 104 valence electrons. The largest absolute Gasteiger partial charge is 0.484 e. The molecule has 0 bridgehead atoms. The van der Waals surface area contributed by atoms with Crippen LogP contribution in [0.2, 0.25) is 0 Å². The molecule has 0 aliphatic heterocycles. The van der Waals surface area contributed by atoms with E-state index in [0.29, 0.717) is 10.8 Å². The van der Waals surface area contributed by atoms with Gasteiger partial charge in [-0.3, -0.25) is 4.79 Å². The predicted molar refractivity (Wildman–Crippen MR) is 76.6 cm³/mol. The molecule has 5 nitrogen and oxygen atoms in total. The van der Waals surface area contributed by atoms with Gasteiger partial charge in [-0.2, -0.15) is 0 Å². The van der Waals surface area contributed by atoms with E-state index in [2.05, 4.69) is 5.32 Å². The van der Waals surface area contributed by atoms with E-state index in [-0.39, 0.29) is 17.4 Å². The lowest BCUT2D eigenvalue weighted by Crippen LogP contribution is -2.19. The van der Waals surface area contributed by atoms with E-state index in [0.717, 1.165) is 16.9 Å². The van der Waals surface area contributed by atoms with Gasteiger partial charge in [-0.25, -0.2) is 4.79 Å². The van der Waals surface area contributed by atoms with E-state index in [9.17, 15) is 9.59 Å². The van der Waals surface area contributed by atoms with Crippen molar-refractivity contribution in [2.45, 2.75) is 6.92 Å². The number of benzene rings is 1. The molecule has 0 aliphatic carbocycles. The average Bonchev–Trinajstić information content (AvgIpc) is 2.87. The Balaban J connectivity index is 1.85. The number of amides is 1. The second-order valence-electron chi connectivity index (χ2n) is 4.12. The van der Waals surface area contributed by atoms with Gasteiger partial charge in [0.2, 0.25) is 0 Å². The number of hydrogen-bond donors (Lipinski definition) is 2. The lowest BCUT2D eigenvalue weighted by atomic mass is 10.2. The second-order valence-corrected chi connectivity index (χ2v) is 5.20. The standard InChI is InChI=1S/C14H13NO4S/c1-9-2-4-10(5-3-9)19-8-12(16)15-13-7-6-11(20-13)14(17)18/h2-7H,8H2,1H3,(H,15,16)(H,17,18). The number of carboxylic acid groups (broad SMARTS) is 1. The molecule has 0 fully saturated rings. The summed E-state index contributed by atoms with van der Waals surface area (Å²) < 4.78 is 5.33. The van der Waals surface area contributed by atoms with Gasteiger partial charge < -0.3 is 15.2 Å². The number of carbonyl (C=O) groups excluding carboxylic acids is 1. The minimum absolute atomic E-state index is 0.122. The third-order valence-corrected chi connectivity index (χ3v) is 3.46. The van der Waals surface area contributed by atoms with Crippen LogP contribution in [0.25, 0.3) is 0 Å². The lowest BCUT2D eigenvalue weighted by molar-refractivity contribution is -0.118. The number of carboxylic acids is 1. The highest BCUT2D eigenvalue weighted by molar-refractivity contribution is 7.18. The van der Waals surface area contributed by atoms with E-state index < -0.39 is 5.97 Å². The molecule has 0 saturated heterocycles. The third kappa shape index (κ3) is 3.83. The smallest absolute Gasteiger partial charge is 0.345 e. The van der Waals surface area contributed by atoms with Gasteiger partial charge in [0.15, 0.2) is 6.61 Å². The van der Waals surface area contributed by atoms with Crippen molar-refractivity contribution in [2.75, 3.05) is 11.9 Å². The van der Waals surface area contributed by atoms with Crippen LogP contribution in [0.3, 0.4) is 0 Å². The van der Waals surface area contributed by atoms with Gasteiger partial charge in [0.05, 0.1) is 5.00 Å². The number of hydrogen-bond acceptors (Lipinski definition) is 4. The Morgan fingerprint density at radius 3 is 2.50 bits per heavy atom. The molecule has 1 heterocycles. The van der Waals surface area contributed by atoms with Crippen molar-refractivity contribution < 1.29 is 19.4 Å². The maximum absolute atomic E-state index is 11.7. The number of aryl methyl sites for hydroxylation is 1. The van der Waals surface area contributed by atoms with Crippen LogP contribution in [-0.2, 0) is 4.79 Å². The first kappa shape index (κ1) is 14.1. The molecule has 0 aliphatic rings. The summed E-state index contributed by atoms with van der Waals surface area (Å²) >= 11 is 1.01. The molecule has 0 unspecified atom stereocenters. The molecule has 2 rings (SSSR count). The van der Waals surface area contributed by atoms with Crippen molar-refractivity contribution in [1.29, 1.82) is 0 Å². The van der Waals surface area contributed by atoms with Crippen LogP contribution < -0.4 is 10.1 Å². The molecule has 20 heavy (non-hydrogen) atoms. The summed E-state index contributed by atoms with van der Waals surface area (Å²) in [7, 11) is 0. The van der Waals surface area contributed by atoms with Gasteiger partial charge in [0.25, 0.3) is 5.91 Å². The highest BCUT2D eigenvalue weighted by Gasteiger charge is 2.09. The van der Waals surface area contributed by atoms with Gasteiger partial charge in [-0.15, -0.1) is 11.3 Å². The fraction of sp³-hybridized carbons (Fsp3) is 0.143. The van der Waals surface area contributed by atoms with Crippen molar-refractivity contribution in [3.05, 3.63) is 46.8 Å². The minimum atomic E-state index is -1.01. The second kappa shape index (κ2) is 6.21. The molecular formula is C14H13NO4S. The molecule has 0 atom stereocenters. The molecule has 6 heteroatoms. The van der Waals surface area contributed by atoms with Crippen LogP contribution in [0.5, 0.6) is 5.75 Å². The van der Waals surface area contributed by atoms with Gasteiger partial charge in [-0.1, -0.05) is 17.7 Å². The van der Waals surface area contributed by atoms with E-state index in [1.807, 2.05) is 19.1 Å². The number of rotatable bonds is 5. The zero-order valence-corrected chi connectivity index (χ0v) is 11.6. The summed E-state index contributed by atoms with van der Waals surface area (Å²) in [4.78, 5) is 22.5.